The van der Waals surface area contributed by atoms with E-state index in [9.17, 15) is 14.0 Å². The third kappa shape index (κ3) is 3.30. The van der Waals surface area contributed by atoms with Crippen LogP contribution in [0.1, 0.15) is 32.6 Å². The fraction of sp³-hybridized carbons (Fsp3) is 0.400. The van der Waals surface area contributed by atoms with E-state index in [2.05, 4.69) is 5.92 Å². The van der Waals surface area contributed by atoms with Crippen LogP contribution in [0.4, 0.5) is 15.8 Å². The van der Waals surface area contributed by atoms with Crippen LogP contribution in [0.15, 0.2) is 23.8 Å². The summed E-state index contributed by atoms with van der Waals surface area (Å²) in [6.45, 7) is 2.28. The van der Waals surface area contributed by atoms with Gasteiger partial charge in [0.2, 0.25) is 0 Å². The molecular weight excluding hydrogens is 335 g/mol. The van der Waals surface area contributed by atoms with Crippen LogP contribution in [-0.4, -0.2) is 31.5 Å². The van der Waals surface area contributed by atoms with Gasteiger partial charge in [0.15, 0.2) is 12.4 Å². The molecule has 3 rings (SSSR count). The van der Waals surface area contributed by atoms with Crippen molar-refractivity contribution in [3.63, 3.8) is 0 Å². The molecule has 136 valence electrons. The molecule has 1 aliphatic carbocycles. The van der Waals surface area contributed by atoms with Gasteiger partial charge in [-0.15, -0.1) is 6.42 Å². The minimum Gasteiger partial charge on any atom is -0.481 e. The van der Waals surface area contributed by atoms with Gasteiger partial charge in [0.05, 0.1) is 17.9 Å². The second-order valence-electron chi connectivity index (χ2n) is 6.32. The molecule has 2 aliphatic rings. The third-order valence-corrected chi connectivity index (χ3v) is 4.52. The number of benzene rings is 1. The molecule has 0 saturated carbocycles. The summed E-state index contributed by atoms with van der Waals surface area (Å²) in [7, 11) is 0. The fourth-order valence-corrected chi connectivity index (χ4v) is 3.28. The Morgan fingerprint density at radius 2 is 2.27 bits per heavy atom. The zero-order chi connectivity index (χ0) is 18.7. The van der Waals surface area contributed by atoms with Crippen LogP contribution in [-0.2, 0) is 9.59 Å². The van der Waals surface area contributed by atoms with Crippen molar-refractivity contribution in [3.8, 4) is 18.1 Å². The first-order chi connectivity index (χ1) is 12.6. The van der Waals surface area contributed by atoms with Gasteiger partial charge in [-0.3, -0.25) is 14.5 Å². The first-order valence-corrected chi connectivity index (χ1v) is 8.77. The van der Waals surface area contributed by atoms with Crippen molar-refractivity contribution in [1.82, 2.24) is 0 Å². The Balaban J connectivity index is 2.04. The normalized spacial score (nSPS) is 15.8. The number of hydrogen-bond acceptors (Lipinski definition) is 3. The highest BCUT2D eigenvalue weighted by atomic mass is 19.1. The predicted octanol–water partition coefficient (Wildman–Crippen LogP) is 3.04. The maximum atomic E-state index is 14.7. The number of terminal acetylenes is 1. The van der Waals surface area contributed by atoms with Gasteiger partial charge in [-0.25, -0.2) is 4.39 Å². The highest BCUT2D eigenvalue weighted by Gasteiger charge is 2.30. The van der Waals surface area contributed by atoms with Gasteiger partial charge in [0.25, 0.3) is 11.8 Å². The minimum atomic E-state index is -0.600. The molecule has 0 fully saturated rings. The summed E-state index contributed by atoms with van der Waals surface area (Å²) in [6.07, 6.45) is 10.4. The number of allylic oxidation sites excluding steroid dienone is 1. The summed E-state index contributed by atoms with van der Waals surface area (Å²) in [5.41, 5.74) is 1.18. The molecule has 0 atom stereocenters. The van der Waals surface area contributed by atoms with Gasteiger partial charge in [-0.2, -0.15) is 0 Å². The van der Waals surface area contributed by atoms with E-state index in [0.717, 1.165) is 19.3 Å². The Hall–Kier alpha value is -2.81. The Labute approximate surface area is 152 Å². The van der Waals surface area contributed by atoms with Crippen LogP contribution in [0.2, 0.25) is 0 Å². The van der Waals surface area contributed by atoms with Crippen molar-refractivity contribution in [3.05, 3.63) is 29.6 Å². The summed E-state index contributed by atoms with van der Waals surface area (Å²) < 4.78 is 20.1. The zero-order valence-electron chi connectivity index (χ0n) is 14.8. The highest BCUT2D eigenvalue weighted by Crippen LogP contribution is 2.38. The highest BCUT2D eigenvalue weighted by molar-refractivity contribution is 6.07. The minimum absolute atomic E-state index is 0.0472. The van der Waals surface area contributed by atoms with Gasteiger partial charge in [-0.05, 0) is 31.7 Å². The first kappa shape index (κ1) is 18.0. The van der Waals surface area contributed by atoms with Crippen LogP contribution in [0, 0.1) is 18.2 Å². The van der Waals surface area contributed by atoms with E-state index in [1.807, 2.05) is 13.0 Å². The van der Waals surface area contributed by atoms with Crippen molar-refractivity contribution in [2.45, 2.75) is 32.6 Å². The maximum Gasteiger partial charge on any atom is 0.265 e. The molecule has 1 aromatic rings. The van der Waals surface area contributed by atoms with E-state index in [0.29, 0.717) is 30.0 Å². The average molecular weight is 356 g/mol. The maximum absolute atomic E-state index is 14.7. The number of carbonyl (C=O) groups is 2. The van der Waals surface area contributed by atoms with E-state index in [-0.39, 0.29) is 30.7 Å². The van der Waals surface area contributed by atoms with E-state index in [1.54, 1.807) is 4.90 Å². The first-order valence-electron chi connectivity index (χ1n) is 8.77. The topological polar surface area (TPSA) is 49.9 Å². The number of halogens is 1. The van der Waals surface area contributed by atoms with Gasteiger partial charge in [-0.1, -0.05) is 18.9 Å². The van der Waals surface area contributed by atoms with E-state index < -0.39 is 5.82 Å². The second kappa shape index (κ2) is 7.61. The van der Waals surface area contributed by atoms with Crippen LogP contribution < -0.4 is 14.5 Å². The van der Waals surface area contributed by atoms with Gasteiger partial charge in [0, 0.05) is 18.2 Å². The van der Waals surface area contributed by atoms with E-state index in [4.69, 9.17) is 11.2 Å². The van der Waals surface area contributed by atoms with Crippen molar-refractivity contribution in [1.29, 1.82) is 0 Å². The lowest BCUT2D eigenvalue weighted by Gasteiger charge is -2.31. The molecule has 1 aliphatic heterocycles. The Morgan fingerprint density at radius 3 is 2.92 bits per heavy atom. The number of carbonyl (C=O) groups excluding carboxylic acids is 2. The third-order valence-electron chi connectivity index (χ3n) is 4.52. The largest absolute Gasteiger partial charge is 0.481 e. The van der Waals surface area contributed by atoms with Crippen molar-refractivity contribution in [2.24, 2.45) is 0 Å². The van der Waals surface area contributed by atoms with E-state index >= 15 is 0 Å². The molecule has 0 radical (unpaired) electrons. The molecule has 0 spiro atoms. The summed E-state index contributed by atoms with van der Waals surface area (Å²) in [5.74, 6) is 1.64. The summed E-state index contributed by atoms with van der Waals surface area (Å²) in [5, 5.41) is 0. The molecule has 1 heterocycles. The molecule has 5 nitrogen and oxygen atoms in total. The summed E-state index contributed by atoms with van der Waals surface area (Å²) >= 11 is 0. The molecule has 0 unspecified atom stereocenters. The number of rotatable bonds is 5. The lowest BCUT2D eigenvalue weighted by molar-refractivity contribution is -0.121. The molecule has 0 bridgehead atoms. The summed E-state index contributed by atoms with van der Waals surface area (Å²) in [4.78, 5) is 27.8. The monoisotopic (exact) mass is 356 g/mol. The molecule has 26 heavy (non-hydrogen) atoms. The Kier molecular flexibility index (Phi) is 5.27. The number of amides is 2. The number of nitrogens with zero attached hydrogens (tertiary/aromatic N) is 2. The van der Waals surface area contributed by atoms with Gasteiger partial charge < -0.3 is 9.64 Å². The number of fused-ring (bicyclic) bond motifs is 1. The van der Waals surface area contributed by atoms with Gasteiger partial charge >= 0.3 is 0 Å². The quantitative estimate of drug-likeness (QED) is 0.762. The standard InChI is InChI=1S/C20H21FN2O3/c1-3-9-22-17-12-16(15(21)11-18(17)26-13-19(22)24)23(10-4-2)20(25)14-7-5-6-8-14/h2,7,11-12H,3,5-6,8-10,13H2,1H3. The number of ether oxygens (including phenoxy) is 1. The number of hydrogen-bond donors (Lipinski definition) is 0. The van der Waals surface area contributed by atoms with Crippen LogP contribution in [0.25, 0.3) is 0 Å². The van der Waals surface area contributed by atoms with Crippen LogP contribution >= 0.6 is 0 Å². The molecule has 0 aromatic heterocycles. The van der Waals surface area contributed by atoms with Crippen molar-refractivity contribution >= 4 is 23.2 Å². The van der Waals surface area contributed by atoms with Crippen molar-refractivity contribution < 1.29 is 18.7 Å². The smallest absolute Gasteiger partial charge is 0.265 e. The number of anilines is 2. The Morgan fingerprint density at radius 1 is 1.46 bits per heavy atom. The predicted molar refractivity (Wildman–Crippen MR) is 97.7 cm³/mol. The summed E-state index contributed by atoms with van der Waals surface area (Å²) in [6, 6.07) is 2.71. The molecule has 0 N–H and O–H groups in total. The lowest BCUT2D eigenvalue weighted by atomic mass is 10.1. The Bertz CT molecular complexity index is 810. The average Bonchev–Trinajstić information content (AvgIpc) is 3.16. The molecule has 2 amide bonds. The van der Waals surface area contributed by atoms with Gasteiger partial charge in [0.1, 0.15) is 5.75 Å². The zero-order valence-corrected chi connectivity index (χ0v) is 14.8. The molecule has 0 saturated heterocycles. The van der Waals surface area contributed by atoms with Crippen molar-refractivity contribution in [2.75, 3.05) is 29.5 Å². The molecule has 6 heteroatoms. The van der Waals surface area contributed by atoms with Crippen LogP contribution in [0.5, 0.6) is 5.75 Å². The SMILES string of the molecule is C#CCN(C(=O)C1=CCCC1)c1cc2c(cc1F)OCC(=O)N2CCC. The molecular formula is C20H21FN2O3. The lowest BCUT2D eigenvalue weighted by Crippen LogP contribution is -2.40. The van der Waals surface area contributed by atoms with E-state index in [1.165, 1.54) is 17.0 Å². The molecule has 1 aromatic carbocycles. The second-order valence-corrected chi connectivity index (χ2v) is 6.32. The fourth-order valence-electron chi connectivity index (χ4n) is 3.28. The van der Waals surface area contributed by atoms with Crippen LogP contribution in [0.3, 0.4) is 0 Å².